The van der Waals surface area contributed by atoms with Gasteiger partial charge in [-0.25, -0.2) is 0 Å². The highest BCUT2D eigenvalue weighted by atomic mass is 16.8. The predicted octanol–water partition coefficient (Wildman–Crippen LogP) is -7.58. The second-order valence-electron chi connectivity index (χ2n) is 31.6. The average molecular weight is 1450 g/mol. The minimum absolute atomic E-state index is 0.00824. The number of allylic oxidation sites excluding steroid dienone is 1. The number of fused-ring (bicyclic) bond motifs is 5. The van der Waals surface area contributed by atoms with Gasteiger partial charge in [-0.3, -0.25) is 0 Å². The lowest BCUT2D eigenvalue weighted by Crippen LogP contribution is -2.65. The van der Waals surface area contributed by atoms with Crippen molar-refractivity contribution in [2.24, 2.45) is 45.3 Å². The Bertz CT molecular complexity index is 2670. The lowest BCUT2D eigenvalue weighted by Gasteiger charge is -2.67. The molecule has 0 aromatic heterocycles. The number of rotatable bonds is 23. The lowest BCUT2D eigenvalue weighted by molar-refractivity contribution is -0.380. The van der Waals surface area contributed by atoms with Crippen LogP contribution in [0.15, 0.2) is 11.6 Å². The zero-order chi connectivity index (χ0) is 73.5. The predicted molar refractivity (Wildman–Crippen MR) is 333 cm³/mol. The summed E-state index contributed by atoms with van der Waals surface area (Å²) in [6.45, 7) is 11.6. The summed E-state index contributed by atoms with van der Waals surface area (Å²) >= 11 is 0. The number of hydrogen-bond donors (Lipinski definition) is 22. The van der Waals surface area contributed by atoms with Gasteiger partial charge in [0.15, 0.2) is 37.7 Å². The molecule has 6 saturated heterocycles. The van der Waals surface area contributed by atoms with Gasteiger partial charge in [0.25, 0.3) is 0 Å². The molecule has 0 aromatic rings. The molecule has 0 aromatic carbocycles. The molecule has 22 N–H and O–H groups in total. The molecule has 0 spiro atoms. The highest BCUT2D eigenvalue weighted by molar-refractivity contribution is 5.32. The van der Waals surface area contributed by atoms with Gasteiger partial charge >= 0.3 is 0 Å². The van der Waals surface area contributed by atoms with Crippen molar-refractivity contribution in [1.82, 2.24) is 0 Å². The van der Waals surface area contributed by atoms with Crippen molar-refractivity contribution in [3.63, 3.8) is 0 Å². The van der Waals surface area contributed by atoms with E-state index in [-0.39, 0.29) is 35.5 Å². The van der Waals surface area contributed by atoms with Crippen LogP contribution in [0.4, 0.5) is 0 Å². The smallest absolute Gasteiger partial charge is 0.187 e. The third kappa shape index (κ3) is 14.9. The minimum Gasteiger partial charge on any atom is -0.394 e. The highest BCUT2D eigenvalue weighted by Crippen LogP contribution is 2.75. The van der Waals surface area contributed by atoms with E-state index in [2.05, 4.69) is 33.8 Å². The standard InChI is InChI=1S/C66H112O34/c1-24(9-13-37(63(4,5)88)99-61-55(100-60-54(87)46(79)40(73)30(20-69)94-60)49(82)43(76)33(97-61)23-90-57-51(84)45(78)39(72)29(19-68)93-57)25-15-16-64(6)34-12-10-26-27(66(34,8)35(70)17-65(25,64)7)11-14-36(62(26,2)3)98-59-53(86)48(81)42(75)32(96-59)22-91-58-52(85)47(80)41(74)31(95-58)21-89-56-50(83)44(77)38(71)28(18-67)92-56/h10,24-25,27-61,67-88H,9,11-23H2,1-8H3/t24-,25-,27?,28-,29-,30-,31-,32-,33-,34+,35-,36+,37-,38-,39-,40-,41-,42-,43-,44+,45+,46+,47+,48+,49+,50-,51-,52-,53-,54-,55-,56-,57-,58-,59+,60+,61+,64+,65-,66+/m1/s1. The third-order valence-electron chi connectivity index (χ3n) is 25.0. The molecule has 6 heterocycles. The molecule has 34 nitrogen and oxygen atoms in total. The summed E-state index contributed by atoms with van der Waals surface area (Å²) in [7, 11) is 0. The Labute approximate surface area is 579 Å². The van der Waals surface area contributed by atoms with Gasteiger partial charge in [0, 0.05) is 10.8 Å². The Kier molecular flexibility index (Phi) is 25.5. The van der Waals surface area contributed by atoms with Crippen LogP contribution in [0.5, 0.6) is 0 Å². The molecule has 4 aliphatic carbocycles. The van der Waals surface area contributed by atoms with Gasteiger partial charge in [0.1, 0.15) is 146 Å². The van der Waals surface area contributed by atoms with Gasteiger partial charge < -0.3 is 169 Å². The first-order chi connectivity index (χ1) is 46.8. The summed E-state index contributed by atoms with van der Waals surface area (Å²) in [6, 6.07) is 0. The van der Waals surface area contributed by atoms with Crippen LogP contribution in [-0.2, 0) is 56.8 Å². The quantitative estimate of drug-likeness (QED) is 0.0423. The first-order valence-electron chi connectivity index (χ1n) is 35.1. The van der Waals surface area contributed by atoms with Gasteiger partial charge in [-0.15, -0.1) is 0 Å². The van der Waals surface area contributed by atoms with Gasteiger partial charge in [0.2, 0.25) is 0 Å². The minimum atomic E-state index is -1.97. The van der Waals surface area contributed by atoms with E-state index in [1.54, 1.807) is 0 Å². The molecule has 9 fully saturated rings. The van der Waals surface area contributed by atoms with E-state index in [4.69, 9.17) is 56.8 Å². The molecule has 580 valence electrons. The second kappa shape index (κ2) is 31.5. The Balaban J connectivity index is 0.794. The fourth-order valence-electron chi connectivity index (χ4n) is 18.4. The van der Waals surface area contributed by atoms with Crippen molar-refractivity contribution in [2.75, 3.05) is 39.6 Å². The molecule has 40 atom stereocenters. The van der Waals surface area contributed by atoms with Crippen molar-refractivity contribution in [2.45, 2.75) is 315 Å². The van der Waals surface area contributed by atoms with Gasteiger partial charge in [0.05, 0.1) is 63.6 Å². The Morgan fingerprint density at radius 1 is 0.460 bits per heavy atom. The van der Waals surface area contributed by atoms with Crippen molar-refractivity contribution in [3.8, 4) is 0 Å². The van der Waals surface area contributed by atoms with E-state index in [0.29, 0.717) is 32.1 Å². The molecule has 0 amide bonds. The maximum atomic E-state index is 12.9. The number of hydrogen-bond acceptors (Lipinski definition) is 34. The van der Waals surface area contributed by atoms with E-state index >= 15 is 0 Å². The fourth-order valence-corrected chi connectivity index (χ4v) is 18.4. The first kappa shape index (κ1) is 80.9. The Morgan fingerprint density at radius 2 is 0.850 bits per heavy atom. The van der Waals surface area contributed by atoms with Crippen LogP contribution in [-0.4, -0.2) is 360 Å². The summed E-state index contributed by atoms with van der Waals surface area (Å²) in [6.07, 6.45) is -47.6. The number of aliphatic hydroxyl groups excluding tert-OH is 21. The van der Waals surface area contributed by atoms with E-state index in [0.717, 1.165) is 18.4 Å². The van der Waals surface area contributed by atoms with E-state index in [1.165, 1.54) is 13.8 Å². The maximum absolute atomic E-state index is 12.9. The summed E-state index contributed by atoms with van der Waals surface area (Å²) in [5, 5.41) is 238. The molecule has 0 bridgehead atoms. The molecule has 1 unspecified atom stereocenters. The summed E-state index contributed by atoms with van der Waals surface area (Å²) < 4.78 is 70.8. The van der Waals surface area contributed by atoms with Crippen molar-refractivity contribution < 1.29 is 169 Å². The van der Waals surface area contributed by atoms with E-state index in [9.17, 15) is 112 Å². The Hall–Kier alpha value is -1.62. The molecule has 100 heavy (non-hydrogen) atoms. The molecular weight excluding hydrogens is 1340 g/mol. The van der Waals surface area contributed by atoms with Crippen LogP contribution >= 0.6 is 0 Å². The SMILES string of the molecule is C[C@H](CC[C@@H](O[C@@H]1O[C@H](CO[C@@H]2O[C@H](CO)[C@@H](O)[C@H](O)[C@H]2O)[C@@H](O)[C@H](O)[C@H]1O[C@@H]1O[C@H](CO)[C@@H](O)[C@H](O)[C@H]1O)C(C)(C)O)[C@H]1CC[C@@]2(C)[C@@H]3CC=C4C(CC[C@H](O[C@@H]5O[C@H](CO[C@@H]6O[C@H](CO[C@@H]7O[C@H](CO)[C@@H](O)[C@H](O)[C@H]7O)[C@@H](O)[C@H](O)[C@H]6O)[C@@H](O)[C@H](O)[C@H]5O)C4(C)C)[C@]3(C)[C@H](O)C[C@]12C. The monoisotopic (exact) mass is 1450 g/mol. The summed E-state index contributed by atoms with van der Waals surface area (Å²) in [4.78, 5) is 0. The van der Waals surface area contributed by atoms with E-state index in [1.807, 2.05) is 13.8 Å². The molecule has 10 rings (SSSR count). The van der Waals surface area contributed by atoms with Crippen molar-refractivity contribution in [1.29, 1.82) is 0 Å². The van der Waals surface area contributed by atoms with Crippen LogP contribution in [0.25, 0.3) is 0 Å². The van der Waals surface area contributed by atoms with Gasteiger partial charge in [-0.05, 0) is 99.7 Å². The molecule has 10 aliphatic rings. The third-order valence-corrected chi connectivity index (χ3v) is 25.0. The van der Waals surface area contributed by atoms with Gasteiger partial charge in [-0.2, -0.15) is 0 Å². The highest BCUT2D eigenvalue weighted by Gasteiger charge is 2.71. The van der Waals surface area contributed by atoms with Crippen LogP contribution in [0.2, 0.25) is 0 Å². The first-order valence-corrected chi connectivity index (χ1v) is 35.1. The zero-order valence-electron chi connectivity index (χ0n) is 57.6. The van der Waals surface area contributed by atoms with Gasteiger partial charge in [-0.1, -0.05) is 53.2 Å². The van der Waals surface area contributed by atoms with Crippen molar-refractivity contribution >= 4 is 0 Å². The normalized spacial score (nSPS) is 52.1. The maximum Gasteiger partial charge on any atom is 0.187 e. The number of ether oxygens (including phenoxy) is 12. The van der Waals surface area contributed by atoms with Crippen LogP contribution in [0.3, 0.4) is 0 Å². The molecule has 0 radical (unpaired) electrons. The van der Waals surface area contributed by atoms with Crippen LogP contribution < -0.4 is 0 Å². The second-order valence-corrected chi connectivity index (χ2v) is 31.6. The summed E-state index contributed by atoms with van der Waals surface area (Å²) in [5.41, 5.74) is -2.73. The lowest BCUT2D eigenvalue weighted by atomic mass is 9.38. The molecular formula is C66H112O34. The average Bonchev–Trinajstić information content (AvgIpc) is 1.02. The molecule has 34 heteroatoms. The summed E-state index contributed by atoms with van der Waals surface area (Å²) in [5.74, 6) is -0.162. The van der Waals surface area contributed by atoms with Crippen molar-refractivity contribution in [3.05, 3.63) is 11.6 Å². The topological polar surface area (TPSA) is 556 Å². The Morgan fingerprint density at radius 3 is 1.30 bits per heavy atom. The van der Waals surface area contributed by atoms with Crippen LogP contribution in [0.1, 0.15) is 107 Å². The molecule has 3 saturated carbocycles. The number of aliphatic hydroxyl groups is 22. The largest absolute Gasteiger partial charge is 0.394 e. The van der Waals surface area contributed by atoms with Crippen LogP contribution in [0, 0.1) is 45.3 Å². The molecule has 6 aliphatic heterocycles. The fraction of sp³-hybridized carbons (Fsp3) is 0.970. The zero-order valence-corrected chi connectivity index (χ0v) is 57.6. The van der Waals surface area contributed by atoms with E-state index < -0.39 is 264 Å².